The standard InChI is InChI=1S/C15H16N2O3/c18-15(19)17-16-14(12-7-3-1-4-8-12)11-20-13-9-5-2-6-10-13/h1-10,14,16-17H,11H2,(H,18,19). The summed E-state index contributed by atoms with van der Waals surface area (Å²) >= 11 is 0. The molecule has 0 aliphatic rings. The highest BCUT2D eigenvalue weighted by atomic mass is 16.5. The van der Waals surface area contributed by atoms with E-state index < -0.39 is 6.09 Å². The van der Waals surface area contributed by atoms with Crippen LogP contribution in [0.15, 0.2) is 60.7 Å². The average molecular weight is 272 g/mol. The molecule has 1 atom stereocenters. The third kappa shape index (κ3) is 4.29. The summed E-state index contributed by atoms with van der Waals surface area (Å²) in [5.41, 5.74) is 5.84. The molecule has 2 aromatic carbocycles. The summed E-state index contributed by atoms with van der Waals surface area (Å²) in [6.07, 6.45) is -1.13. The predicted molar refractivity (Wildman–Crippen MR) is 75.4 cm³/mol. The molecule has 2 aromatic rings. The lowest BCUT2D eigenvalue weighted by atomic mass is 10.1. The fourth-order valence-electron chi connectivity index (χ4n) is 1.75. The van der Waals surface area contributed by atoms with Gasteiger partial charge in [-0.25, -0.2) is 10.2 Å². The fourth-order valence-corrected chi connectivity index (χ4v) is 1.75. The van der Waals surface area contributed by atoms with Crippen LogP contribution in [0.3, 0.4) is 0 Å². The topological polar surface area (TPSA) is 70.6 Å². The van der Waals surface area contributed by atoms with E-state index in [-0.39, 0.29) is 6.04 Å². The number of hydrazine groups is 1. The molecule has 104 valence electrons. The Morgan fingerprint density at radius 2 is 1.65 bits per heavy atom. The van der Waals surface area contributed by atoms with Crippen LogP contribution in [0.1, 0.15) is 11.6 Å². The van der Waals surface area contributed by atoms with Gasteiger partial charge in [0.05, 0.1) is 6.04 Å². The van der Waals surface area contributed by atoms with Gasteiger partial charge in [-0.15, -0.1) is 0 Å². The lowest BCUT2D eigenvalue weighted by Gasteiger charge is -2.19. The van der Waals surface area contributed by atoms with Gasteiger partial charge in [-0.3, -0.25) is 5.43 Å². The first-order valence-corrected chi connectivity index (χ1v) is 6.23. The first kappa shape index (κ1) is 13.9. The number of ether oxygens (including phenoxy) is 1. The van der Waals surface area contributed by atoms with Crippen LogP contribution in [0.4, 0.5) is 4.79 Å². The molecule has 0 aromatic heterocycles. The fraction of sp³-hybridized carbons (Fsp3) is 0.133. The van der Waals surface area contributed by atoms with E-state index in [1.807, 2.05) is 60.7 Å². The normalized spacial score (nSPS) is 11.6. The minimum atomic E-state index is -1.13. The van der Waals surface area contributed by atoms with E-state index in [1.165, 1.54) is 0 Å². The minimum absolute atomic E-state index is 0.271. The van der Waals surface area contributed by atoms with Crippen LogP contribution in [0.25, 0.3) is 0 Å². The van der Waals surface area contributed by atoms with E-state index >= 15 is 0 Å². The molecule has 0 spiro atoms. The van der Waals surface area contributed by atoms with E-state index in [1.54, 1.807) is 0 Å². The Labute approximate surface area is 117 Å². The second kappa shape index (κ2) is 7.16. The molecule has 0 heterocycles. The van der Waals surface area contributed by atoms with Crippen LogP contribution in [0.5, 0.6) is 5.75 Å². The van der Waals surface area contributed by atoms with Crippen molar-refractivity contribution >= 4 is 6.09 Å². The van der Waals surface area contributed by atoms with Gasteiger partial charge in [0.1, 0.15) is 12.4 Å². The Bertz CT molecular complexity index is 531. The molecule has 1 unspecified atom stereocenters. The maximum absolute atomic E-state index is 10.6. The van der Waals surface area contributed by atoms with E-state index in [9.17, 15) is 4.79 Å². The molecule has 0 bridgehead atoms. The van der Waals surface area contributed by atoms with E-state index in [0.29, 0.717) is 6.61 Å². The van der Waals surface area contributed by atoms with Crippen LogP contribution >= 0.6 is 0 Å². The molecule has 0 fully saturated rings. The van der Waals surface area contributed by atoms with Crippen molar-refractivity contribution < 1.29 is 14.6 Å². The number of nitrogens with one attached hydrogen (secondary N) is 2. The van der Waals surface area contributed by atoms with Crippen LogP contribution in [0.2, 0.25) is 0 Å². The van der Waals surface area contributed by atoms with Gasteiger partial charge in [0.2, 0.25) is 0 Å². The zero-order chi connectivity index (χ0) is 14.2. The van der Waals surface area contributed by atoms with Crippen molar-refractivity contribution in [2.24, 2.45) is 0 Å². The minimum Gasteiger partial charge on any atom is -0.492 e. The summed E-state index contributed by atoms with van der Waals surface area (Å²) in [4.78, 5) is 10.6. The average Bonchev–Trinajstić information content (AvgIpc) is 2.49. The van der Waals surface area contributed by atoms with Crippen molar-refractivity contribution in [3.05, 3.63) is 66.2 Å². The van der Waals surface area contributed by atoms with Gasteiger partial charge in [0, 0.05) is 0 Å². The van der Waals surface area contributed by atoms with Crippen LogP contribution in [-0.2, 0) is 0 Å². The van der Waals surface area contributed by atoms with Gasteiger partial charge in [0.25, 0.3) is 0 Å². The highest BCUT2D eigenvalue weighted by Crippen LogP contribution is 2.15. The highest BCUT2D eigenvalue weighted by Gasteiger charge is 2.12. The summed E-state index contributed by atoms with van der Waals surface area (Å²) in [5, 5.41) is 8.68. The third-order valence-corrected chi connectivity index (χ3v) is 2.72. The second-order valence-corrected chi connectivity index (χ2v) is 4.16. The van der Waals surface area contributed by atoms with E-state index in [0.717, 1.165) is 11.3 Å². The summed E-state index contributed by atoms with van der Waals surface area (Å²) in [6.45, 7) is 0.314. The van der Waals surface area contributed by atoms with Gasteiger partial charge in [-0.05, 0) is 17.7 Å². The Kier molecular flexibility index (Phi) is 4.97. The van der Waals surface area contributed by atoms with E-state index in [4.69, 9.17) is 9.84 Å². The quantitative estimate of drug-likeness (QED) is 0.707. The zero-order valence-corrected chi connectivity index (χ0v) is 10.8. The lowest BCUT2D eigenvalue weighted by molar-refractivity contribution is 0.180. The van der Waals surface area contributed by atoms with Crippen molar-refractivity contribution in [2.75, 3.05) is 6.61 Å². The van der Waals surface area contributed by atoms with Crippen molar-refractivity contribution in [3.8, 4) is 5.75 Å². The molecular weight excluding hydrogens is 256 g/mol. The van der Waals surface area contributed by atoms with Gasteiger partial charge >= 0.3 is 6.09 Å². The lowest BCUT2D eigenvalue weighted by Crippen LogP contribution is -2.41. The first-order chi connectivity index (χ1) is 9.75. The first-order valence-electron chi connectivity index (χ1n) is 6.23. The number of carboxylic acid groups (broad SMARTS) is 1. The SMILES string of the molecule is O=C(O)NNC(COc1ccccc1)c1ccccc1. The summed E-state index contributed by atoms with van der Waals surface area (Å²) < 4.78 is 5.66. The number of rotatable bonds is 6. The largest absolute Gasteiger partial charge is 0.492 e. The Morgan fingerprint density at radius 3 is 2.25 bits per heavy atom. The monoisotopic (exact) mass is 272 g/mol. The smallest absolute Gasteiger partial charge is 0.419 e. The van der Waals surface area contributed by atoms with Gasteiger partial charge in [-0.2, -0.15) is 0 Å². The van der Waals surface area contributed by atoms with Gasteiger partial charge < -0.3 is 9.84 Å². The zero-order valence-electron chi connectivity index (χ0n) is 10.8. The van der Waals surface area contributed by atoms with Gasteiger partial charge in [-0.1, -0.05) is 48.5 Å². The molecule has 5 nitrogen and oxygen atoms in total. The summed E-state index contributed by atoms with van der Waals surface area (Å²) in [6, 6.07) is 18.6. The molecule has 3 N–H and O–H groups in total. The Morgan fingerprint density at radius 1 is 1.05 bits per heavy atom. The number of para-hydroxylation sites is 1. The molecule has 5 heteroatoms. The molecule has 2 rings (SSSR count). The second-order valence-electron chi connectivity index (χ2n) is 4.16. The molecule has 0 radical (unpaired) electrons. The molecule has 0 saturated carbocycles. The van der Waals surface area contributed by atoms with Crippen molar-refractivity contribution in [3.63, 3.8) is 0 Å². The number of hydrogen-bond donors (Lipinski definition) is 3. The number of hydrogen-bond acceptors (Lipinski definition) is 3. The molecule has 1 amide bonds. The van der Waals surface area contributed by atoms with Gasteiger partial charge in [0.15, 0.2) is 0 Å². The maximum atomic E-state index is 10.6. The molecule has 0 aliphatic heterocycles. The van der Waals surface area contributed by atoms with E-state index in [2.05, 4.69) is 10.9 Å². The molecule has 0 saturated heterocycles. The Hall–Kier alpha value is -2.53. The number of amides is 1. The van der Waals surface area contributed by atoms with Crippen LogP contribution in [0, 0.1) is 0 Å². The van der Waals surface area contributed by atoms with Crippen molar-refractivity contribution in [1.82, 2.24) is 10.9 Å². The van der Waals surface area contributed by atoms with Crippen molar-refractivity contribution in [1.29, 1.82) is 0 Å². The summed E-state index contributed by atoms with van der Waals surface area (Å²) in [7, 11) is 0. The number of carbonyl (C=O) groups is 1. The highest BCUT2D eigenvalue weighted by molar-refractivity contribution is 5.63. The number of benzene rings is 2. The Balaban J connectivity index is 2.01. The summed E-state index contributed by atoms with van der Waals surface area (Å²) in [5.74, 6) is 0.741. The van der Waals surface area contributed by atoms with Crippen molar-refractivity contribution in [2.45, 2.75) is 6.04 Å². The maximum Gasteiger partial charge on any atom is 0.419 e. The molecular formula is C15H16N2O3. The van der Waals surface area contributed by atoms with Crippen LogP contribution in [-0.4, -0.2) is 17.8 Å². The molecule has 0 aliphatic carbocycles. The predicted octanol–water partition coefficient (Wildman–Crippen LogP) is 2.58. The van der Waals surface area contributed by atoms with Crippen LogP contribution < -0.4 is 15.6 Å². The third-order valence-electron chi connectivity index (χ3n) is 2.72. The molecule has 20 heavy (non-hydrogen) atoms.